The van der Waals surface area contributed by atoms with Crippen LogP contribution < -0.4 is 11.1 Å². The summed E-state index contributed by atoms with van der Waals surface area (Å²) < 4.78 is 24.6. The van der Waals surface area contributed by atoms with Gasteiger partial charge >= 0.3 is 5.97 Å². The van der Waals surface area contributed by atoms with E-state index in [1.165, 1.54) is 4.31 Å². The van der Waals surface area contributed by atoms with Crippen molar-refractivity contribution in [1.29, 1.82) is 0 Å². The van der Waals surface area contributed by atoms with Gasteiger partial charge in [-0.1, -0.05) is 0 Å². The zero-order chi connectivity index (χ0) is 11.5. The Labute approximate surface area is 88.3 Å². The standard InChI is InChI=1S/C7H15N3O4S/c8-6(7(11)12)5-15(13,14)10-3-1-9-2-4-10/h6,9H,1-5,8H2,(H,11,12). The maximum atomic E-state index is 11.7. The van der Waals surface area contributed by atoms with Crippen LogP contribution in [0.3, 0.4) is 0 Å². The number of hydrogen-bond donors (Lipinski definition) is 3. The monoisotopic (exact) mass is 237 g/mol. The number of sulfonamides is 1. The van der Waals surface area contributed by atoms with Crippen LogP contribution in [0.4, 0.5) is 0 Å². The van der Waals surface area contributed by atoms with Crippen molar-refractivity contribution in [1.82, 2.24) is 9.62 Å². The fourth-order valence-electron chi connectivity index (χ4n) is 1.33. The Kier molecular flexibility index (Phi) is 4.03. The van der Waals surface area contributed by atoms with Gasteiger partial charge in [0.05, 0.1) is 5.75 Å². The van der Waals surface area contributed by atoms with E-state index in [0.717, 1.165) is 0 Å². The summed E-state index contributed by atoms with van der Waals surface area (Å²) in [6, 6.07) is -1.36. The number of carbonyl (C=O) groups is 1. The Morgan fingerprint density at radius 3 is 2.47 bits per heavy atom. The largest absolute Gasteiger partial charge is 0.480 e. The first-order valence-corrected chi connectivity index (χ1v) is 6.21. The van der Waals surface area contributed by atoms with Crippen LogP contribution in [0, 0.1) is 0 Å². The maximum absolute atomic E-state index is 11.7. The van der Waals surface area contributed by atoms with E-state index in [1.54, 1.807) is 0 Å². The predicted octanol–water partition coefficient (Wildman–Crippen LogP) is -2.37. The first-order chi connectivity index (χ1) is 6.93. The zero-order valence-electron chi connectivity index (χ0n) is 8.22. The molecule has 0 bridgehead atoms. The lowest BCUT2D eigenvalue weighted by molar-refractivity contribution is -0.137. The molecule has 0 aromatic heterocycles. The number of aliphatic carboxylic acids is 1. The van der Waals surface area contributed by atoms with E-state index in [2.05, 4.69) is 5.32 Å². The minimum absolute atomic E-state index is 0.370. The van der Waals surface area contributed by atoms with E-state index in [0.29, 0.717) is 26.2 Å². The van der Waals surface area contributed by atoms with Gasteiger partial charge in [0.2, 0.25) is 10.0 Å². The number of nitrogens with one attached hydrogen (secondary N) is 1. The highest BCUT2D eigenvalue weighted by atomic mass is 32.2. The highest BCUT2D eigenvalue weighted by molar-refractivity contribution is 7.89. The Morgan fingerprint density at radius 2 is 2.00 bits per heavy atom. The maximum Gasteiger partial charge on any atom is 0.321 e. The highest BCUT2D eigenvalue weighted by Gasteiger charge is 2.28. The zero-order valence-corrected chi connectivity index (χ0v) is 9.03. The van der Waals surface area contributed by atoms with Crippen LogP contribution in [0.25, 0.3) is 0 Å². The third-order valence-corrected chi connectivity index (χ3v) is 4.11. The van der Waals surface area contributed by atoms with Crippen LogP contribution in [-0.2, 0) is 14.8 Å². The lowest BCUT2D eigenvalue weighted by Gasteiger charge is -2.27. The summed E-state index contributed by atoms with van der Waals surface area (Å²) in [5, 5.41) is 11.5. The topological polar surface area (TPSA) is 113 Å². The highest BCUT2D eigenvalue weighted by Crippen LogP contribution is 2.04. The van der Waals surface area contributed by atoms with Crippen molar-refractivity contribution >= 4 is 16.0 Å². The fraction of sp³-hybridized carbons (Fsp3) is 0.857. The van der Waals surface area contributed by atoms with Crippen LogP contribution in [0.1, 0.15) is 0 Å². The van der Waals surface area contributed by atoms with Gasteiger partial charge in [-0.15, -0.1) is 0 Å². The molecule has 7 nitrogen and oxygen atoms in total. The van der Waals surface area contributed by atoms with Gasteiger partial charge in [0, 0.05) is 26.2 Å². The summed E-state index contributed by atoms with van der Waals surface area (Å²) in [5.74, 6) is -1.84. The van der Waals surface area contributed by atoms with Crippen LogP contribution >= 0.6 is 0 Å². The molecular weight excluding hydrogens is 222 g/mol. The van der Waals surface area contributed by atoms with E-state index in [1.807, 2.05) is 0 Å². The quantitative estimate of drug-likeness (QED) is 0.504. The summed E-state index contributed by atoms with van der Waals surface area (Å²) in [6.07, 6.45) is 0. The van der Waals surface area contributed by atoms with E-state index < -0.39 is 27.8 Å². The number of carboxylic acids is 1. The molecule has 8 heteroatoms. The molecule has 1 atom stereocenters. The molecule has 0 saturated carbocycles. The minimum Gasteiger partial charge on any atom is -0.480 e. The first kappa shape index (κ1) is 12.4. The molecule has 0 aromatic rings. The third kappa shape index (κ3) is 3.42. The number of nitrogens with two attached hydrogens (primary N) is 1. The second-order valence-electron chi connectivity index (χ2n) is 3.37. The molecule has 1 aliphatic heterocycles. The Bertz CT molecular complexity index is 323. The summed E-state index contributed by atoms with van der Waals surface area (Å²) in [4.78, 5) is 10.4. The van der Waals surface area contributed by atoms with E-state index in [9.17, 15) is 13.2 Å². The van der Waals surface area contributed by atoms with Crippen molar-refractivity contribution in [2.45, 2.75) is 6.04 Å². The van der Waals surface area contributed by atoms with E-state index in [-0.39, 0.29) is 0 Å². The normalized spacial score (nSPS) is 21.1. The molecule has 0 radical (unpaired) electrons. The Morgan fingerprint density at radius 1 is 1.47 bits per heavy atom. The summed E-state index contributed by atoms with van der Waals surface area (Å²) in [5.41, 5.74) is 5.19. The second kappa shape index (κ2) is 4.88. The SMILES string of the molecule is NC(CS(=O)(=O)N1CCNCC1)C(=O)O. The van der Waals surface area contributed by atoms with Crippen molar-refractivity contribution in [3.05, 3.63) is 0 Å². The van der Waals surface area contributed by atoms with Gasteiger partial charge in [-0.05, 0) is 0 Å². The van der Waals surface area contributed by atoms with Crippen LogP contribution in [0.5, 0.6) is 0 Å². The number of hydrogen-bond acceptors (Lipinski definition) is 5. The van der Waals surface area contributed by atoms with Gasteiger partial charge in [0.15, 0.2) is 0 Å². The number of nitrogens with zero attached hydrogens (tertiary/aromatic N) is 1. The molecule has 1 aliphatic rings. The molecule has 0 spiro atoms. The van der Waals surface area contributed by atoms with E-state index >= 15 is 0 Å². The summed E-state index contributed by atoms with van der Waals surface area (Å²) in [6.45, 7) is 1.91. The van der Waals surface area contributed by atoms with Crippen LogP contribution in [-0.4, -0.2) is 61.8 Å². The fourth-order valence-corrected chi connectivity index (χ4v) is 2.87. The average Bonchev–Trinajstić information content (AvgIpc) is 2.18. The van der Waals surface area contributed by atoms with Gasteiger partial charge in [-0.2, -0.15) is 4.31 Å². The lowest BCUT2D eigenvalue weighted by atomic mass is 10.4. The smallest absolute Gasteiger partial charge is 0.321 e. The lowest BCUT2D eigenvalue weighted by Crippen LogP contribution is -2.50. The summed E-state index contributed by atoms with van der Waals surface area (Å²) in [7, 11) is -3.54. The molecule has 1 rings (SSSR count). The molecule has 1 saturated heterocycles. The first-order valence-electron chi connectivity index (χ1n) is 4.60. The van der Waals surface area contributed by atoms with Gasteiger partial charge in [-0.25, -0.2) is 8.42 Å². The second-order valence-corrected chi connectivity index (χ2v) is 5.39. The number of rotatable bonds is 4. The van der Waals surface area contributed by atoms with Crippen molar-refractivity contribution in [2.75, 3.05) is 31.9 Å². The number of carboxylic acid groups (broad SMARTS) is 1. The van der Waals surface area contributed by atoms with Gasteiger partial charge in [0.1, 0.15) is 6.04 Å². The van der Waals surface area contributed by atoms with Gasteiger partial charge in [-0.3, -0.25) is 4.79 Å². The average molecular weight is 237 g/mol. The molecule has 1 fully saturated rings. The third-order valence-electron chi connectivity index (χ3n) is 2.18. The Balaban J connectivity index is 2.61. The van der Waals surface area contributed by atoms with E-state index in [4.69, 9.17) is 10.8 Å². The molecule has 88 valence electrons. The van der Waals surface area contributed by atoms with Crippen molar-refractivity contribution in [2.24, 2.45) is 5.73 Å². The molecule has 15 heavy (non-hydrogen) atoms. The molecule has 1 heterocycles. The molecule has 0 aromatic carbocycles. The number of piperazine rings is 1. The van der Waals surface area contributed by atoms with Gasteiger partial charge in [0.25, 0.3) is 0 Å². The van der Waals surface area contributed by atoms with Crippen molar-refractivity contribution in [3.8, 4) is 0 Å². The molecule has 0 amide bonds. The molecular formula is C7H15N3O4S. The molecule has 0 aliphatic carbocycles. The summed E-state index contributed by atoms with van der Waals surface area (Å²) >= 11 is 0. The minimum atomic E-state index is -3.54. The molecule has 1 unspecified atom stereocenters. The molecule has 4 N–H and O–H groups in total. The Hall–Kier alpha value is -0.700. The van der Waals surface area contributed by atoms with Crippen molar-refractivity contribution in [3.63, 3.8) is 0 Å². The van der Waals surface area contributed by atoms with Crippen LogP contribution in [0.15, 0.2) is 0 Å². The van der Waals surface area contributed by atoms with Crippen molar-refractivity contribution < 1.29 is 18.3 Å². The van der Waals surface area contributed by atoms with Crippen LogP contribution in [0.2, 0.25) is 0 Å². The van der Waals surface area contributed by atoms with Gasteiger partial charge < -0.3 is 16.2 Å². The predicted molar refractivity (Wildman–Crippen MR) is 53.8 cm³/mol.